The van der Waals surface area contributed by atoms with Gasteiger partial charge in [0.2, 0.25) is 0 Å². The van der Waals surface area contributed by atoms with Crippen LogP contribution in [0.5, 0.6) is 0 Å². The first-order valence-corrected chi connectivity index (χ1v) is 7.76. The van der Waals surface area contributed by atoms with Crippen LogP contribution in [0.15, 0.2) is 34.9 Å². The van der Waals surface area contributed by atoms with Crippen LogP contribution in [0.4, 0.5) is 17.1 Å². The molecule has 0 saturated heterocycles. The number of hydrogen-bond acceptors (Lipinski definition) is 8. The Morgan fingerprint density at radius 1 is 1.29 bits per heavy atom. The van der Waals surface area contributed by atoms with Gasteiger partial charge in [0.05, 0.1) is 11.4 Å². The van der Waals surface area contributed by atoms with Crippen LogP contribution in [0.25, 0.3) is 0 Å². The Hall–Kier alpha value is -2.13. The maximum atomic E-state index is 10.8. The summed E-state index contributed by atoms with van der Waals surface area (Å²) >= 11 is 0. The second kappa shape index (κ2) is 7.63. The summed E-state index contributed by atoms with van der Waals surface area (Å²) in [5, 5.41) is 43.9. The van der Waals surface area contributed by atoms with Crippen LogP contribution in [-0.2, 0) is 0 Å². The van der Waals surface area contributed by atoms with Gasteiger partial charge in [0, 0.05) is 11.6 Å². The number of nitrogens with one attached hydrogen (secondary N) is 1. The highest BCUT2D eigenvalue weighted by Gasteiger charge is 2.22. The van der Waals surface area contributed by atoms with E-state index in [-0.39, 0.29) is 22.3 Å². The molecule has 0 radical (unpaired) electrons. The fraction of sp³-hybridized carbons (Fsp3) is 0.438. The Balaban J connectivity index is 2.31. The van der Waals surface area contributed by atoms with E-state index in [1.54, 1.807) is 0 Å². The summed E-state index contributed by atoms with van der Waals surface area (Å²) in [7, 11) is 0. The topological polar surface area (TPSA) is 117 Å². The number of allylic oxidation sites excluding steroid dienone is 2. The van der Waals surface area contributed by atoms with Crippen LogP contribution < -0.4 is 15.9 Å². The molecule has 2 rings (SSSR count). The predicted octanol–water partition coefficient (Wildman–Crippen LogP) is 3.85. The van der Waals surface area contributed by atoms with E-state index >= 15 is 0 Å². The number of nitrogens with zero attached hydrogens (tertiary/aromatic N) is 3. The van der Waals surface area contributed by atoms with Crippen molar-refractivity contribution < 1.29 is 10.4 Å². The molecule has 1 aliphatic rings. The van der Waals surface area contributed by atoms with Gasteiger partial charge in [-0.05, 0) is 50.0 Å². The lowest BCUT2D eigenvalue weighted by Gasteiger charge is -2.38. The Kier molecular flexibility index (Phi) is 5.79. The molecule has 0 aromatic heterocycles. The molecule has 0 heterocycles. The molecule has 0 bridgehead atoms. The van der Waals surface area contributed by atoms with E-state index in [4.69, 9.17) is 0 Å². The molecular weight excluding hydrogens is 312 g/mol. The second-order valence-electron chi connectivity index (χ2n) is 6.28. The fourth-order valence-electron chi connectivity index (χ4n) is 2.77. The highest BCUT2D eigenvalue weighted by atomic mass is 16.8. The summed E-state index contributed by atoms with van der Waals surface area (Å²) in [6, 6.07) is 3.72. The predicted molar refractivity (Wildman–Crippen MR) is 94.1 cm³/mol. The molecule has 8 heteroatoms. The summed E-state index contributed by atoms with van der Waals surface area (Å²) in [4.78, 5) is 0. The second-order valence-corrected chi connectivity index (χ2v) is 6.28. The minimum absolute atomic E-state index is 0.147. The highest BCUT2D eigenvalue weighted by molar-refractivity contribution is 5.99. The molecule has 8 nitrogen and oxygen atoms in total. The number of rotatable bonds is 5. The Bertz CT molecular complexity index is 641. The molecule has 0 spiro atoms. The third kappa shape index (κ3) is 4.24. The van der Waals surface area contributed by atoms with Gasteiger partial charge in [0.25, 0.3) is 0 Å². The molecule has 1 aromatic carbocycles. The standard InChI is InChI=1S/C16H22N4O4/c1-10(2)13-6-4-11(3)8-15(13)18-17-14-7-5-12(19(21)22)9-16(14)20(23)24/h5,7-10,13,17,23-24H,4,6H2,1-3H3/q-2. The van der Waals surface area contributed by atoms with Crippen LogP contribution in [0, 0.1) is 22.3 Å². The number of benzene rings is 1. The third-order valence-electron chi connectivity index (χ3n) is 4.14. The quantitative estimate of drug-likeness (QED) is 0.700. The Labute approximate surface area is 140 Å². The van der Waals surface area contributed by atoms with E-state index in [0.29, 0.717) is 11.8 Å². The molecule has 132 valence electrons. The smallest absolute Gasteiger partial charge is 0.121 e. The Morgan fingerprint density at radius 2 is 2.00 bits per heavy atom. The molecule has 0 fully saturated rings. The summed E-state index contributed by atoms with van der Waals surface area (Å²) in [5.74, 6) is 0.737. The van der Waals surface area contributed by atoms with Gasteiger partial charge in [-0.25, -0.2) is 0 Å². The first-order valence-electron chi connectivity index (χ1n) is 7.76. The monoisotopic (exact) mass is 334 g/mol. The van der Waals surface area contributed by atoms with E-state index in [1.165, 1.54) is 17.7 Å². The first kappa shape index (κ1) is 18.2. The summed E-state index contributed by atoms with van der Waals surface area (Å²) in [5.41, 5.74) is 4.79. The van der Waals surface area contributed by atoms with Gasteiger partial charge in [-0.2, -0.15) is 5.10 Å². The van der Waals surface area contributed by atoms with Crippen molar-refractivity contribution >= 4 is 22.8 Å². The minimum Gasteiger partial charge on any atom is -0.769 e. The zero-order valence-corrected chi connectivity index (χ0v) is 13.9. The zero-order chi connectivity index (χ0) is 17.9. The highest BCUT2D eigenvalue weighted by Crippen LogP contribution is 2.31. The zero-order valence-electron chi connectivity index (χ0n) is 13.9. The van der Waals surface area contributed by atoms with E-state index in [0.717, 1.165) is 24.6 Å². The van der Waals surface area contributed by atoms with Crippen molar-refractivity contribution in [2.24, 2.45) is 16.9 Å². The number of anilines is 3. The average molecular weight is 334 g/mol. The molecule has 1 atom stereocenters. The van der Waals surface area contributed by atoms with Crippen molar-refractivity contribution in [3.8, 4) is 0 Å². The van der Waals surface area contributed by atoms with Gasteiger partial charge in [-0.3, -0.25) is 15.8 Å². The molecule has 0 aliphatic heterocycles. The SMILES string of the molecule is CC1=CC(=NNc2ccc(N([O-])[O-])cc2N(O)O)C(C(C)C)CC1. The molecule has 1 aromatic rings. The van der Waals surface area contributed by atoms with Gasteiger partial charge in [0.1, 0.15) is 5.69 Å². The van der Waals surface area contributed by atoms with Crippen molar-refractivity contribution in [2.75, 3.05) is 15.9 Å². The van der Waals surface area contributed by atoms with Crippen molar-refractivity contribution in [2.45, 2.75) is 33.6 Å². The molecule has 24 heavy (non-hydrogen) atoms. The maximum absolute atomic E-state index is 10.8. The van der Waals surface area contributed by atoms with Crippen LogP contribution in [0.2, 0.25) is 0 Å². The lowest BCUT2D eigenvalue weighted by Crippen LogP contribution is -2.23. The van der Waals surface area contributed by atoms with E-state index in [1.807, 2.05) is 13.0 Å². The van der Waals surface area contributed by atoms with Gasteiger partial charge < -0.3 is 15.6 Å². The molecule has 0 saturated carbocycles. The van der Waals surface area contributed by atoms with Gasteiger partial charge in [0.15, 0.2) is 0 Å². The maximum Gasteiger partial charge on any atom is 0.121 e. The summed E-state index contributed by atoms with van der Waals surface area (Å²) in [6.07, 6.45) is 4.08. The molecule has 3 N–H and O–H groups in total. The fourth-order valence-corrected chi connectivity index (χ4v) is 2.77. The summed E-state index contributed by atoms with van der Waals surface area (Å²) < 4.78 is 0. The van der Waals surface area contributed by atoms with E-state index in [9.17, 15) is 20.8 Å². The third-order valence-corrected chi connectivity index (χ3v) is 4.14. The summed E-state index contributed by atoms with van der Waals surface area (Å²) in [6.45, 7) is 6.32. The lowest BCUT2D eigenvalue weighted by molar-refractivity contribution is 0.0295. The van der Waals surface area contributed by atoms with Crippen LogP contribution in [0.3, 0.4) is 0 Å². The van der Waals surface area contributed by atoms with E-state index in [2.05, 4.69) is 24.4 Å². The van der Waals surface area contributed by atoms with E-state index < -0.39 is 5.23 Å². The molecular formula is C16H22N4O4-2. The van der Waals surface area contributed by atoms with Gasteiger partial charge >= 0.3 is 0 Å². The van der Waals surface area contributed by atoms with Crippen molar-refractivity contribution in [1.29, 1.82) is 0 Å². The van der Waals surface area contributed by atoms with Crippen LogP contribution in [0.1, 0.15) is 33.6 Å². The van der Waals surface area contributed by atoms with Crippen LogP contribution >= 0.6 is 0 Å². The Morgan fingerprint density at radius 3 is 2.58 bits per heavy atom. The van der Waals surface area contributed by atoms with Crippen molar-refractivity contribution in [1.82, 2.24) is 0 Å². The largest absolute Gasteiger partial charge is 0.769 e. The van der Waals surface area contributed by atoms with Crippen molar-refractivity contribution in [3.05, 3.63) is 40.3 Å². The molecule has 1 aliphatic carbocycles. The molecule has 1 unspecified atom stereocenters. The lowest BCUT2D eigenvalue weighted by atomic mass is 9.81. The average Bonchev–Trinajstić information content (AvgIpc) is 2.52. The normalized spacial score (nSPS) is 19.4. The van der Waals surface area contributed by atoms with Gasteiger partial charge in [-0.1, -0.05) is 19.4 Å². The minimum atomic E-state index is -0.606. The number of hydrazone groups is 1. The van der Waals surface area contributed by atoms with Crippen molar-refractivity contribution in [3.63, 3.8) is 0 Å². The number of hydrogen-bond donors (Lipinski definition) is 3. The van der Waals surface area contributed by atoms with Gasteiger partial charge in [-0.15, -0.1) is 5.23 Å². The first-order chi connectivity index (χ1) is 11.3. The van der Waals surface area contributed by atoms with Crippen LogP contribution in [-0.4, -0.2) is 16.1 Å². The molecule has 0 amide bonds.